The minimum absolute atomic E-state index is 0. The Balaban J connectivity index is 0. The fraction of sp³-hybridized carbons (Fsp3) is 1.00. The molecule has 0 saturated heterocycles. The Kier molecular flexibility index (Phi) is 15.3. The summed E-state index contributed by atoms with van der Waals surface area (Å²) < 4.78 is 1.43. The van der Waals surface area contributed by atoms with Gasteiger partial charge in [0.1, 0.15) is 0 Å². The molecule has 34 valence electrons. The molecular formula is C5H13Sn+3. The molecule has 0 aromatic heterocycles. The van der Waals surface area contributed by atoms with E-state index in [2.05, 4.69) is 6.92 Å². The number of hydrogen-bond acceptors (Lipinski definition) is 0. The van der Waals surface area contributed by atoms with Gasteiger partial charge in [0.05, 0.1) is 0 Å². The SMILES string of the molecule is C.CCC[CH2][Sn+3]. The standard InChI is InChI=1S/C4H9.CH4.Sn/c1-3-4-2;;/h1,3-4H2,2H3;1H4;/q;;+3. The Labute approximate surface area is 54.4 Å². The molecule has 0 aliphatic heterocycles. The molecule has 0 aromatic rings. The molecule has 0 unspecified atom stereocenters. The van der Waals surface area contributed by atoms with Crippen LogP contribution in [0.25, 0.3) is 0 Å². The van der Waals surface area contributed by atoms with Gasteiger partial charge in [-0.2, -0.15) is 0 Å². The summed E-state index contributed by atoms with van der Waals surface area (Å²) in [5, 5.41) is 0. The van der Waals surface area contributed by atoms with Gasteiger partial charge in [0.2, 0.25) is 0 Å². The van der Waals surface area contributed by atoms with Gasteiger partial charge < -0.3 is 0 Å². The summed E-state index contributed by atoms with van der Waals surface area (Å²) in [6.45, 7) is 2.23. The molecule has 0 heterocycles. The fourth-order valence-electron chi connectivity index (χ4n) is 0.177. The minimum atomic E-state index is 0. The number of unbranched alkanes of at least 4 members (excludes halogenated alkanes) is 1. The molecule has 0 fully saturated rings. The van der Waals surface area contributed by atoms with E-state index in [4.69, 9.17) is 0 Å². The van der Waals surface area contributed by atoms with Crippen LogP contribution in [0, 0.1) is 0 Å². The average Bonchev–Trinajstić information content (AvgIpc) is 1.41. The first kappa shape index (κ1) is 9.93. The van der Waals surface area contributed by atoms with Crippen LogP contribution in [0.1, 0.15) is 27.2 Å². The van der Waals surface area contributed by atoms with Crippen molar-refractivity contribution in [3.63, 3.8) is 0 Å². The fourth-order valence-corrected chi connectivity index (χ4v) is 1.19. The zero-order valence-corrected chi connectivity index (χ0v) is 6.48. The first-order valence-electron chi connectivity index (χ1n) is 2.06. The molecule has 6 heavy (non-hydrogen) atoms. The van der Waals surface area contributed by atoms with E-state index in [1.807, 2.05) is 0 Å². The van der Waals surface area contributed by atoms with Gasteiger partial charge in [-0.25, -0.2) is 0 Å². The van der Waals surface area contributed by atoms with E-state index >= 15 is 0 Å². The van der Waals surface area contributed by atoms with Crippen LogP contribution in [0.3, 0.4) is 0 Å². The van der Waals surface area contributed by atoms with Crippen molar-refractivity contribution in [3.8, 4) is 0 Å². The molecule has 0 spiro atoms. The van der Waals surface area contributed by atoms with Crippen molar-refractivity contribution in [2.24, 2.45) is 0 Å². The predicted octanol–water partition coefficient (Wildman–Crippen LogP) is 2.01. The van der Waals surface area contributed by atoms with Crippen molar-refractivity contribution in [2.75, 3.05) is 0 Å². The van der Waals surface area contributed by atoms with Crippen LogP contribution in [0.5, 0.6) is 0 Å². The van der Waals surface area contributed by atoms with Gasteiger partial charge in [-0.15, -0.1) is 0 Å². The molecule has 0 aliphatic carbocycles. The van der Waals surface area contributed by atoms with E-state index in [1.165, 1.54) is 17.3 Å². The monoisotopic (exact) mass is 193 g/mol. The van der Waals surface area contributed by atoms with Crippen LogP contribution >= 0.6 is 0 Å². The van der Waals surface area contributed by atoms with Crippen LogP contribution in [0.4, 0.5) is 0 Å². The molecular weight excluding hydrogens is 179 g/mol. The summed E-state index contributed by atoms with van der Waals surface area (Å²) in [5.74, 6) is 0. The molecule has 0 amide bonds. The van der Waals surface area contributed by atoms with Crippen molar-refractivity contribution in [1.29, 1.82) is 0 Å². The van der Waals surface area contributed by atoms with E-state index in [0.29, 0.717) is 0 Å². The van der Waals surface area contributed by atoms with Gasteiger partial charge in [-0.05, 0) is 0 Å². The number of hydrogen-bond donors (Lipinski definition) is 0. The summed E-state index contributed by atoms with van der Waals surface area (Å²) >= 11 is 1.68. The molecule has 0 bridgehead atoms. The Bertz CT molecular complexity index is 11.4. The third-order valence-corrected chi connectivity index (χ3v) is 1.54. The van der Waals surface area contributed by atoms with Crippen molar-refractivity contribution >= 4 is 22.5 Å². The van der Waals surface area contributed by atoms with E-state index < -0.39 is 0 Å². The normalized spacial score (nSPS) is 7.17. The molecule has 0 N–H and O–H groups in total. The van der Waals surface area contributed by atoms with Crippen molar-refractivity contribution < 1.29 is 0 Å². The van der Waals surface area contributed by atoms with Gasteiger partial charge in [0.15, 0.2) is 0 Å². The van der Waals surface area contributed by atoms with Crippen LogP contribution in [0.2, 0.25) is 4.44 Å². The van der Waals surface area contributed by atoms with Crippen LogP contribution in [0.15, 0.2) is 0 Å². The van der Waals surface area contributed by atoms with E-state index in [9.17, 15) is 0 Å². The van der Waals surface area contributed by atoms with E-state index in [1.54, 1.807) is 22.5 Å². The second kappa shape index (κ2) is 9.25. The zero-order valence-electron chi connectivity index (χ0n) is 3.62. The van der Waals surface area contributed by atoms with Gasteiger partial charge in [0, 0.05) is 0 Å². The summed E-state index contributed by atoms with van der Waals surface area (Å²) in [4.78, 5) is 0. The Morgan fingerprint density at radius 3 is 2.00 bits per heavy atom. The molecule has 0 rings (SSSR count). The van der Waals surface area contributed by atoms with Crippen LogP contribution in [-0.2, 0) is 0 Å². The molecule has 0 atom stereocenters. The molecule has 0 aromatic carbocycles. The van der Waals surface area contributed by atoms with Crippen LogP contribution < -0.4 is 0 Å². The third-order valence-electron chi connectivity index (χ3n) is 0.530. The Morgan fingerprint density at radius 2 is 2.00 bits per heavy atom. The summed E-state index contributed by atoms with van der Waals surface area (Å²) in [7, 11) is 0. The Morgan fingerprint density at radius 1 is 1.50 bits per heavy atom. The second-order valence-corrected chi connectivity index (χ2v) is 2.53. The summed E-state index contributed by atoms with van der Waals surface area (Å²) in [5.41, 5.74) is 0. The first-order chi connectivity index (χ1) is 2.41. The molecule has 0 aliphatic rings. The van der Waals surface area contributed by atoms with Gasteiger partial charge >= 0.3 is 46.7 Å². The molecule has 1 heteroatoms. The van der Waals surface area contributed by atoms with Gasteiger partial charge in [0.25, 0.3) is 0 Å². The first-order valence-corrected chi connectivity index (χ1v) is 4.08. The van der Waals surface area contributed by atoms with Gasteiger partial charge in [-0.3, -0.25) is 0 Å². The topological polar surface area (TPSA) is 0 Å². The summed E-state index contributed by atoms with van der Waals surface area (Å²) in [6.07, 6.45) is 2.80. The third kappa shape index (κ3) is 8.84. The Hall–Kier alpha value is 0.799. The summed E-state index contributed by atoms with van der Waals surface area (Å²) in [6, 6.07) is 0. The molecule has 0 radical (unpaired) electrons. The van der Waals surface area contributed by atoms with Gasteiger partial charge in [-0.1, -0.05) is 7.43 Å². The zero-order chi connectivity index (χ0) is 4.12. The van der Waals surface area contributed by atoms with Crippen molar-refractivity contribution in [3.05, 3.63) is 0 Å². The maximum atomic E-state index is 2.23. The quantitative estimate of drug-likeness (QED) is 0.587. The van der Waals surface area contributed by atoms with Crippen LogP contribution in [-0.4, -0.2) is 22.5 Å². The second-order valence-electron chi connectivity index (χ2n) is 1.10. The van der Waals surface area contributed by atoms with Crippen molar-refractivity contribution in [2.45, 2.75) is 31.6 Å². The molecule has 0 saturated carbocycles. The molecule has 0 nitrogen and oxygen atoms in total. The van der Waals surface area contributed by atoms with E-state index in [0.717, 1.165) is 0 Å². The van der Waals surface area contributed by atoms with Crippen molar-refractivity contribution in [1.82, 2.24) is 0 Å². The van der Waals surface area contributed by atoms with E-state index in [-0.39, 0.29) is 7.43 Å². The maximum absolute atomic E-state index is 2.23. The predicted molar refractivity (Wildman–Crippen MR) is 32.2 cm³/mol. The number of rotatable bonds is 2. The average molecular weight is 192 g/mol.